The number of rotatable bonds is 10. The van der Waals surface area contributed by atoms with Gasteiger partial charge in [0.05, 0.1) is 12.2 Å². The van der Waals surface area contributed by atoms with Gasteiger partial charge in [0.25, 0.3) is 5.91 Å². The number of amides is 2. The summed E-state index contributed by atoms with van der Waals surface area (Å²) in [5.41, 5.74) is 2.61. The molecule has 0 heterocycles. The van der Waals surface area contributed by atoms with Gasteiger partial charge < -0.3 is 20.3 Å². The molecule has 0 aromatic heterocycles. The van der Waals surface area contributed by atoms with E-state index in [1.165, 1.54) is 0 Å². The van der Waals surface area contributed by atoms with Gasteiger partial charge >= 0.3 is 0 Å². The molecule has 164 valence electrons. The van der Waals surface area contributed by atoms with Crippen molar-refractivity contribution in [3.63, 3.8) is 0 Å². The van der Waals surface area contributed by atoms with Crippen molar-refractivity contribution in [2.24, 2.45) is 0 Å². The van der Waals surface area contributed by atoms with Crippen molar-refractivity contribution in [2.75, 3.05) is 35.2 Å². The van der Waals surface area contributed by atoms with Gasteiger partial charge in [-0.1, -0.05) is 49.1 Å². The van der Waals surface area contributed by atoms with E-state index in [0.717, 1.165) is 11.4 Å². The minimum Gasteiger partial charge on any atom is -0.487 e. The molecule has 2 amide bonds. The Labute approximate surface area is 188 Å². The second-order valence-corrected chi connectivity index (χ2v) is 6.96. The highest BCUT2D eigenvalue weighted by molar-refractivity contribution is 6.07. The summed E-state index contributed by atoms with van der Waals surface area (Å²) in [5, 5.41) is 5.92. The summed E-state index contributed by atoms with van der Waals surface area (Å²) < 4.78 is 5.59. The smallest absolute Gasteiger partial charge is 0.258 e. The molecule has 6 heteroatoms. The molecule has 0 aliphatic heterocycles. The minimum atomic E-state index is -0.233. The zero-order valence-electron chi connectivity index (χ0n) is 18.1. The molecule has 3 rings (SSSR count). The first kappa shape index (κ1) is 22.6. The number of hydrogen-bond donors (Lipinski definition) is 2. The first-order valence-electron chi connectivity index (χ1n) is 10.5. The maximum atomic E-state index is 13.0. The van der Waals surface area contributed by atoms with E-state index in [2.05, 4.69) is 17.2 Å². The van der Waals surface area contributed by atoms with Crippen LogP contribution in [0, 0.1) is 0 Å². The third-order valence-electron chi connectivity index (χ3n) is 4.71. The molecule has 3 aromatic carbocycles. The Morgan fingerprint density at radius 2 is 1.75 bits per heavy atom. The molecule has 0 unspecified atom stereocenters. The predicted octanol–water partition coefficient (Wildman–Crippen LogP) is 4.97. The molecule has 2 N–H and O–H groups in total. The normalized spacial score (nSPS) is 10.2. The Morgan fingerprint density at radius 3 is 2.50 bits per heavy atom. The van der Waals surface area contributed by atoms with E-state index in [9.17, 15) is 9.59 Å². The number of para-hydroxylation sites is 3. The van der Waals surface area contributed by atoms with Gasteiger partial charge in [0.15, 0.2) is 0 Å². The van der Waals surface area contributed by atoms with Crippen LogP contribution in [0.25, 0.3) is 0 Å². The first-order valence-corrected chi connectivity index (χ1v) is 10.5. The van der Waals surface area contributed by atoms with Crippen molar-refractivity contribution in [3.05, 3.63) is 97.1 Å². The number of ether oxygens (including phenoxy) is 1. The monoisotopic (exact) mass is 429 g/mol. The highest BCUT2D eigenvalue weighted by atomic mass is 16.5. The lowest BCUT2D eigenvalue weighted by Crippen LogP contribution is -2.30. The molecule has 0 radical (unpaired) electrons. The van der Waals surface area contributed by atoms with Crippen LogP contribution in [0.4, 0.5) is 17.1 Å². The van der Waals surface area contributed by atoms with Gasteiger partial charge in [0.2, 0.25) is 5.91 Å². The fourth-order valence-corrected chi connectivity index (χ4v) is 3.21. The molecule has 3 aromatic rings. The summed E-state index contributed by atoms with van der Waals surface area (Å²) in [7, 11) is 0. The molecular weight excluding hydrogens is 402 g/mol. The summed E-state index contributed by atoms with van der Waals surface area (Å²) in [6.45, 7) is 6.54. The van der Waals surface area contributed by atoms with Crippen LogP contribution in [0.15, 0.2) is 91.5 Å². The van der Waals surface area contributed by atoms with E-state index in [0.29, 0.717) is 30.2 Å². The second-order valence-electron chi connectivity index (χ2n) is 6.96. The number of nitrogens with zero attached hydrogens (tertiary/aromatic N) is 1. The molecular formula is C26H27N3O3. The molecule has 0 spiro atoms. The number of nitrogens with one attached hydrogen (secondary N) is 2. The highest BCUT2D eigenvalue weighted by Gasteiger charge is 2.16. The van der Waals surface area contributed by atoms with E-state index < -0.39 is 0 Å². The molecule has 0 saturated carbocycles. The Balaban J connectivity index is 1.64. The minimum absolute atomic E-state index is 0.0533. The van der Waals surface area contributed by atoms with E-state index in [1.807, 2.05) is 61.5 Å². The second kappa shape index (κ2) is 11.4. The van der Waals surface area contributed by atoms with Gasteiger partial charge in [0.1, 0.15) is 12.4 Å². The van der Waals surface area contributed by atoms with E-state index in [-0.39, 0.29) is 18.4 Å². The van der Waals surface area contributed by atoms with Crippen molar-refractivity contribution < 1.29 is 14.3 Å². The number of carbonyl (C=O) groups excluding carboxylic acids is 2. The van der Waals surface area contributed by atoms with E-state index >= 15 is 0 Å². The lowest BCUT2D eigenvalue weighted by Gasteiger charge is -2.21. The van der Waals surface area contributed by atoms with E-state index in [1.54, 1.807) is 35.2 Å². The first-order chi connectivity index (χ1) is 15.6. The molecule has 0 aliphatic rings. The zero-order chi connectivity index (χ0) is 22.8. The number of benzene rings is 3. The van der Waals surface area contributed by atoms with Crippen LogP contribution >= 0.6 is 0 Å². The maximum absolute atomic E-state index is 13.0. The highest BCUT2D eigenvalue weighted by Crippen LogP contribution is 2.23. The quantitative estimate of drug-likeness (QED) is 0.447. The molecule has 0 fully saturated rings. The van der Waals surface area contributed by atoms with Crippen molar-refractivity contribution in [3.8, 4) is 5.75 Å². The topological polar surface area (TPSA) is 70.7 Å². The largest absolute Gasteiger partial charge is 0.487 e. The van der Waals surface area contributed by atoms with Crippen LogP contribution in [-0.2, 0) is 4.79 Å². The predicted molar refractivity (Wildman–Crippen MR) is 129 cm³/mol. The summed E-state index contributed by atoms with van der Waals surface area (Å²) in [5.74, 6) is 0.290. The van der Waals surface area contributed by atoms with Crippen molar-refractivity contribution >= 4 is 28.9 Å². The van der Waals surface area contributed by atoms with Crippen LogP contribution in [-0.4, -0.2) is 31.5 Å². The number of anilines is 3. The van der Waals surface area contributed by atoms with Gasteiger partial charge in [-0.3, -0.25) is 9.59 Å². The van der Waals surface area contributed by atoms with Gasteiger partial charge in [0, 0.05) is 23.5 Å². The van der Waals surface area contributed by atoms with Gasteiger partial charge in [-0.25, -0.2) is 0 Å². The maximum Gasteiger partial charge on any atom is 0.258 e. The van der Waals surface area contributed by atoms with Crippen molar-refractivity contribution in [1.82, 2.24) is 0 Å². The average molecular weight is 430 g/mol. The molecule has 0 bridgehead atoms. The fourth-order valence-electron chi connectivity index (χ4n) is 3.21. The van der Waals surface area contributed by atoms with Crippen LogP contribution in [0.5, 0.6) is 5.75 Å². The summed E-state index contributed by atoms with van der Waals surface area (Å²) >= 11 is 0. The fraction of sp³-hybridized carbons (Fsp3) is 0.154. The molecule has 0 saturated heterocycles. The van der Waals surface area contributed by atoms with Crippen LogP contribution in [0.3, 0.4) is 0 Å². The van der Waals surface area contributed by atoms with Gasteiger partial charge in [-0.15, -0.1) is 0 Å². The Bertz CT molecular complexity index is 1070. The van der Waals surface area contributed by atoms with Crippen molar-refractivity contribution in [2.45, 2.75) is 6.92 Å². The average Bonchev–Trinajstić information content (AvgIpc) is 2.83. The summed E-state index contributed by atoms with van der Waals surface area (Å²) in [6.07, 6.45) is 1.66. The molecule has 6 nitrogen and oxygen atoms in total. The van der Waals surface area contributed by atoms with Crippen LogP contribution in [0.2, 0.25) is 0 Å². The van der Waals surface area contributed by atoms with Gasteiger partial charge in [-0.05, 0) is 49.4 Å². The third-order valence-corrected chi connectivity index (χ3v) is 4.71. The lowest BCUT2D eigenvalue weighted by molar-refractivity contribution is -0.114. The molecule has 0 aliphatic carbocycles. The third kappa shape index (κ3) is 5.98. The van der Waals surface area contributed by atoms with Crippen LogP contribution in [0.1, 0.15) is 17.3 Å². The number of carbonyl (C=O) groups is 2. The Morgan fingerprint density at radius 1 is 1.00 bits per heavy atom. The lowest BCUT2D eigenvalue weighted by atomic mass is 10.1. The SMILES string of the molecule is C=CCOc1ccccc1NCC(=O)Nc1cccc(C(=O)N(CC)c2ccccc2)c1. The molecule has 32 heavy (non-hydrogen) atoms. The standard InChI is InChI=1S/C26H27N3O3/c1-3-17-32-24-16-9-8-15-23(24)27-19-25(30)28-21-12-10-11-20(18-21)26(31)29(4-2)22-13-6-5-7-14-22/h3,5-16,18,27H,1,4,17,19H2,2H3,(H,28,30). The van der Waals surface area contributed by atoms with Crippen LogP contribution < -0.4 is 20.3 Å². The summed E-state index contributed by atoms with van der Waals surface area (Å²) in [4.78, 5) is 27.2. The summed E-state index contributed by atoms with van der Waals surface area (Å²) in [6, 6.07) is 23.8. The molecule has 0 atom stereocenters. The Kier molecular flexibility index (Phi) is 8.03. The van der Waals surface area contributed by atoms with Crippen molar-refractivity contribution in [1.29, 1.82) is 0 Å². The van der Waals surface area contributed by atoms with Gasteiger partial charge in [-0.2, -0.15) is 0 Å². The Hall–Kier alpha value is -4.06. The van der Waals surface area contributed by atoms with E-state index in [4.69, 9.17) is 4.74 Å². The zero-order valence-corrected chi connectivity index (χ0v) is 18.1. The number of hydrogen-bond acceptors (Lipinski definition) is 4.